The van der Waals surface area contributed by atoms with Gasteiger partial charge in [-0.05, 0) is 68.4 Å². The Morgan fingerprint density at radius 3 is 2.47 bits per heavy atom. The minimum atomic E-state index is -0.167. The van der Waals surface area contributed by atoms with Crippen LogP contribution in [0.15, 0.2) is 24.3 Å². The highest BCUT2D eigenvalue weighted by atomic mass is 19.1. The molecule has 1 fully saturated rings. The second-order valence-corrected chi connectivity index (χ2v) is 4.91. The number of hydrogen-bond acceptors (Lipinski definition) is 2. The van der Waals surface area contributed by atoms with Crippen LogP contribution in [-0.2, 0) is 6.42 Å². The smallest absolute Gasteiger partial charge is 0.123 e. The van der Waals surface area contributed by atoms with Crippen LogP contribution in [0.4, 0.5) is 4.39 Å². The first kappa shape index (κ1) is 12.5. The molecule has 94 valence electrons. The Bertz CT molecular complexity index is 331. The van der Waals surface area contributed by atoms with E-state index in [4.69, 9.17) is 5.73 Å². The van der Waals surface area contributed by atoms with Crippen molar-refractivity contribution in [3.63, 3.8) is 0 Å². The molecule has 0 saturated carbocycles. The van der Waals surface area contributed by atoms with E-state index >= 15 is 0 Å². The van der Waals surface area contributed by atoms with Gasteiger partial charge in [0.05, 0.1) is 0 Å². The van der Waals surface area contributed by atoms with Crippen LogP contribution in [-0.4, -0.2) is 19.6 Å². The summed E-state index contributed by atoms with van der Waals surface area (Å²) in [6.07, 6.45) is 3.40. The Kier molecular flexibility index (Phi) is 4.51. The molecule has 1 aliphatic heterocycles. The van der Waals surface area contributed by atoms with Gasteiger partial charge in [0, 0.05) is 0 Å². The minimum absolute atomic E-state index is 0.167. The molecule has 0 bridgehead atoms. The van der Waals surface area contributed by atoms with E-state index in [-0.39, 0.29) is 5.82 Å². The molecule has 0 aliphatic carbocycles. The average molecular weight is 236 g/mol. The SMILES string of the molecule is NC[C@@H](Cc1ccc(F)cc1)C1CCNCC1. The van der Waals surface area contributed by atoms with E-state index in [9.17, 15) is 4.39 Å². The predicted octanol–water partition coefficient (Wildman–Crippen LogP) is 1.94. The van der Waals surface area contributed by atoms with E-state index in [1.54, 1.807) is 0 Å². The number of benzene rings is 1. The van der Waals surface area contributed by atoms with Gasteiger partial charge in [-0.15, -0.1) is 0 Å². The van der Waals surface area contributed by atoms with Crippen molar-refractivity contribution in [2.75, 3.05) is 19.6 Å². The largest absolute Gasteiger partial charge is 0.330 e. The number of piperidine rings is 1. The van der Waals surface area contributed by atoms with Crippen LogP contribution >= 0.6 is 0 Å². The highest BCUT2D eigenvalue weighted by molar-refractivity contribution is 5.16. The van der Waals surface area contributed by atoms with Crippen molar-refractivity contribution in [3.8, 4) is 0 Å². The molecule has 3 heteroatoms. The summed E-state index contributed by atoms with van der Waals surface area (Å²) < 4.78 is 12.8. The number of nitrogens with one attached hydrogen (secondary N) is 1. The maximum absolute atomic E-state index is 12.8. The molecule has 1 atom stereocenters. The standard InChI is InChI=1S/C14H21FN2/c15-14-3-1-11(2-4-14)9-13(10-16)12-5-7-17-8-6-12/h1-4,12-13,17H,5-10,16H2/t13-/m1/s1. The van der Waals surface area contributed by atoms with Crippen LogP contribution in [0.2, 0.25) is 0 Å². The molecule has 0 spiro atoms. The van der Waals surface area contributed by atoms with Crippen molar-refractivity contribution in [3.05, 3.63) is 35.6 Å². The molecular weight excluding hydrogens is 215 g/mol. The van der Waals surface area contributed by atoms with Gasteiger partial charge in [0.1, 0.15) is 5.82 Å². The van der Waals surface area contributed by atoms with Crippen molar-refractivity contribution < 1.29 is 4.39 Å². The van der Waals surface area contributed by atoms with Crippen molar-refractivity contribution in [1.29, 1.82) is 0 Å². The molecule has 1 aromatic rings. The predicted molar refractivity (Wildman–Crippen MR) is 68.2 cm³/mol. The molecule has 1 aliphatic rings. The van der Waals surface area contributed by atoms with Crippen LogP contribution < -0.4 is 11.1 Å². The monoisotopic (exact) mass is 236 g/mol. The molecule has 0 amide bonds. The van der Waals surface area contributed by atoms with Crippen molar-refractivity contribution >= 4 is 0 Å². The number of nitrogens with two attached hydrogens (primary N) is 1. The molecule has 1 aromatic carbocycles. The maximum atomic E-state index is 12.8. The zero-order valence-electron chi connectivity index (χ0n) is 10.2. The van der Waals surface area contributed by atoms with E-state index in [1.807, 2.05) is 12.1 Å². The molecule has 3 N–H and O–H groups in total. The highest BCUT2D eigenvalue weighted by Crippen LogP contribution is 2.24. The topological polar surface area (TPSA) is 38.0 Å². The molecule has 0 unspecified atom stereocenters. The Morgan fingerprint density at radius 2 is 1.88 bits per heavy atom. The van der Waals surface area contributed by atoms with Crippen molar-refractivity contribution in [1.82, 2.24) is 5.32 Å². The van der Waals surface area contributed by atoms with Gasteiger partial charge in [0.2, 0.25) is 0 Å². The van der Waals surface area contributed by atoms with Gasteiger partial charge in [0.25, 0.3) is 0 Å². The summed E-state index contributed by atoms with van der Waals surface area (Å²) >= 11 is 0. The third-order valence-electron chi connectivity index (χ3n) is 3.76. The molecule has 1 saturated heterocycles. The normalized spacial score (nSPS) is 19.2. The van der Waals surface area contributed by atoms with Crippen LogP contribution in [0.1, 0.15) is 18.4 Å². The molecule has 2 nitrogen and oxygen atoms in total. The fourth-order valence-corrected chi connectivity index (χ4v) is 2.68. The zero-order valence-corrected chi connectivity index (χ0v) is 10.2. The third kappa shape index (κ3) is 3.51. The lowest BCUT2D eigenvalue weighted by molar-refractivity contribution is 0.262. The minimum Gasteiger partial charge on any atom is -0.330 e. The Balaban J connectivity index is 1.96. The van der Waals surface area contributed by atoms with Gasteiger partial charge in [-0.3, -0.25) is 0 Å². The van der Waals surface area contributed by atoms with Gasteiger partial charge in [-0.1, -0.05) is 12.1 Å². The molecule has 17 heavy (non-hydrogen) atoms. The van der Waals surface area contributed by atoms with Gasteiger partial charge in [0.15, 0.2) is 0 Å². The first-order valence-electron chi connectivity index (χ1n) is 6.45. The van der Waals surface area contributed by atoms with Gasteiger partial charge >= 0.3 is 0 Å². The third-order valence-corrected chi connectivity index (χ3v) is 3.76. The Labute approximate surface area is 102 Å². The Hall–Kier alpha value is -0.930. The van der Waals surface area contributed by atoms with Crippen LogP contribution in [0, 0.1) is 17.7 Å². The number of halogens is 1. The summed E-state index contributed by atoms with van der Waals surface area (Å²) in [5.74, 6) is 1.08. The summed E-state index contributed by atoms with van der Waals surface area (Å²) in [5, 5.41) is 3.37. The summed E-state index contributed by atoms with van der Waals surface area (Å²) in [5.41, 5.74) is 7.08. The first-order valence-corrected chi connectivity index (χ1v) is 6.45. The van der Waals surface area contributed by atoms with E-state index in [1.165, 1.54) is 30.5 Å². The summed E-state index contributed by atoms with van der Waals surface area (Å²) in [6.45, 7) is 2.93. The quantitative estimate of drug-likeness (QED) is 0.838. The van der Waals surface area contributed by atoms with E-state index in [0.717, 1.165) is 26.1 Å². The highest BCUT2D eigenvalue weighted by Gasteiger charge is 2.22. The van der Waals surface area contributed by atoms with Crippen LogP contribution in [0.3, 0.4) is 0 Å². The van der Waals surface area contributed by atoms with Crippen molar-refractivity contribution in [2.24, 2.45) is 17.6 Å². The average Bonchev–Trinajstić information content (AvgIpc) is 2.39. The lowest BCUT2D eigenvalue weighted by atomic mass is 9.81. The van der Waals surface area contributed by atoms with Gasteiger partial charge in [-0.2, -0.15) is 0 Å². The molecule has 1 heterocycles. The van der Waals surface area contributed by atoms with Crippen LogP contribution in [0.5, 0.6) is 0 Å². The lowest BCUT2D eigenvalue weighted by Crippen LogP contribution is -2.35. The zero-order chi connectivity index (χ0) is 12.1. The summed E-state index contributed by atoms with van der Waals surface area (Å²) in [4.78, 5) is 0. The van der Waals surface area contributed by atoms with E-state index in [0.29, 0.717) is 11.8 Å². The molecule has 0 aromatic heterocycles. The van der Waals surface area contributed by atoms with Gasteiger partial charge in [-0.25, -0.2) is 4.39 Å². The van der Waals surface area contributed by atoms with E-state index in [2.05, 4.69) is 5.32 Å². The number of hydrogen-bond donors (Lipinski definition) is 2. The Morgan fingerprint density at radius 1 is 1.24 bits per heavy atom. The van der Waals surface area contributed by atoms with E-state index < -0.39 is 0 Å². The lowest BCUT2D eigenvalue weighted by Gasteiger charge is -2.30. The van der Waals surface area contributed by atoms with Crippen molar-refractivity contribution in [2.45, 2.75) is 19.3 Å². The molecule has 2 rings (SSSR count). The maximum Gasteiger partial charge on any atom is 0.123 e. The summed E-state index contributed by atoms with van der Waals surface area (Å²) in [6, 6.07) is 6.81. The fourth-order valence-electron chi connectivity index (χ4n) is 2.68. The second-order valence-electron chi connectivity index (χ2n) is 4.91. The van der Waals surface area contributed by atoms with Crippen LogP contribution in [0.25, 0.3) is 0 Å². The summed E-state index contributed by atoms with van der Waals surface area (Å²) in [7, 11) is 0. The molecule has 0 radical (unpaired) electrons. The van der Waals surface area contributed by atoms with Gasteiger partial charge < -0.3 is 11.1 Å². The molecular formula is C14H21FN2. The first-order chi connectivity index (χ1) is 8.29. The second kappa shape index (κ2) is 6.12. The fraction of sp³-hybridized carbons (Fsp3) is 0.571. The number of rotatable bonds is 4.